The number of carbonyl (C=O) groups excluding carboxylic acids is 1. The molecular formula is C12H17ClN2OS2. The van der Waals surface area contributed by atoms with E-state index in [1.165, 1.54) is 29.9 Å². The second-order valence-electron chi connectivity index (χ2n) is 4.72. The molecule has 0 bridgehead atoms. The zero-order chi connectivity index (χ0) is 13.0. The molecule has 1 aliphatic heterocycles. The fourth-order valence-electron chi connectivity index (χ4n) is 1.95. The molecule has 0 aliphatic carbocycles. The van der Waals surface area contributed by atoms with Gasteiger partial charge in [0.05, 0.1) is 18.0 Å². The van der Waals surface area contributed by atoms with Crippen molar-refractivity contribution < 1.29 is 4.79 Å². The van der Waals surface area contributed by atoms with Crippen molar-refractivity contribution in [1.29, 1.82) is 0 Å². The summed E-state index contributed by atoms with van der Waals surface area (Å²) in [6.45, 7) is 2.98. The van der Waals surface area contributed by atoms with Crippen LogP contribution < -0.4 is 5.32 Å². The molecule has 1 unspecified atom stereocenters. The van der Waals surface area contributed by atoms with Gasteiger partial charge in [-0.15, -0.1) is 22.9 Å². The molecule has 0 aromatic carbocycles. The number of thioether (sulfide) groups is 1. The highest BCUT2D eigenvalue weighted by molar-refractivity contribution is 8.00. The lowest BCUT2D eigenvalue weighted by atomic mass is 10.1. The fraction of sp³-hybridized carbons (Fsp3) is 0.667. The van der Waals surface area contributed by atoms with Gasteiger partial charge in [-0.05, 0) is 25.5 Å². The number of hydrogen-bond acceptors (Lipinski definition) is 4. The summed E-state index contributed by atoms with van der Waals surface area (Å²) < 4.78 is 0.222. The Morgan fingerprint density at radius 3 is 3.11 bits per heavy atom. The predicted molar refractivity (Wildman–Crippen MR) is 78.5 cm³/mol. The van der Waals surface area contributed by atoms with Crippen LogP contribution in [0.15, 0.2) is 5.38 Å². The second kappa shape index (κ2) is 6.26. The van der Waals surface area contributed by atoms with Crippen molar-refractivity contribution in [1.82, 2.24) is 10.3 Å². The van der Waals surface area contributed by atoms with Crippen LogP contribution >= 0.6 is 34.7 Å². The highest BCUT2D eigenvalue weighted by Crippen LogP contribution is 2.36. The van der Waals surface area contributed by atoms with Gasteiger partial charge in [-0.3, -0.25) is 4.79 Å². The molecule has 6 heteroatoms. The maximum absolute atomic E-state index is 11.8. The van der Waals surface area contributed by atoms with E-state index in [1.54, 1.807) is 0 Å². The van der Waals surface area contributed by atoms with Crippen LogP contribution in [0.1, 0.15) is 30.5 Å². The molecule has 100 valence electrons. The molecule has 1 atom stereocenters. The van der Waals surface area contributed by atoms with Crippen molar-refractivity contribution >= 4 is 40.6 Å². The van der Waals surface area contributed by atoms with Gasteiger partial charge in [0.1, 0.15) is 5.01 Å². The number of aromatic nitrogens is 1. The van der Waals surface area contributed by atoms with Gasteiger partial charge in [-0.1, -0.05) is 0 Å². The summed E-state index contributed by atoms with van der Waals surface area (Å²) in [5.41, 5.74) is 0.850. The Labute approximate surface area is 121 Å². The van der Waals surface area contributed by atoms with Gasteiger partial charge in [0.25, 0.3) is 0 Å². The Morgan fingerprint density at radius 2 is 2.50 bits per heavy atom. The highest BCUT2D eigenvalue weighted by atomic mass is 35.5. The van der Waals surface area contributed by atoms with E-state index in [0.717, 1.165) is 17.2 Å². The monoisotopic (exact) mass is 304 g/mol. The van der Waals surface area contributed by atoms with Crippen LogP contribution in [-0.2, 0) is 17.1 Å². The lowest BCUT2D eigenvalue weighted by Gasteiger charge is -2.22. The summed E-state index contributed by atoms with van der Waals surface area (Å²) in [5, 5.41) is 5.76. The lowest BCUT2D eigenvalue weighted by molar-refractivity contribution is -0.120. The number of nitrogens with one attached hydrogen (secondary N) is 1. The molecule has 1 fully saturated rings. The highest BCUT2D eigenvalue weighted by Gasteiger charge is 2.29. The van der Waals surface area contributed by atoms with Gasteiger partial charge in [-0.25, -0.2) is 4.98 Å². The smallest absolute Gasteiger partial charge is 0.226 e. The maximum Gasteiger partial charge on any atom is 0.226 e. The first-order valence-electron chi connectivity index (χ1n) is 6.01. The van der Waals surface area contributed by atoms with E-state index in [0.29, 0.717) is 12.3 Å². The Bertz CT molecular complexity index is 416. The van der Waals surface area contributed by atoms with Crippen LogP contribution in [0.25, 0.3) is 0 Å². The van der Waals surface area contributed by atoms with Gasteiger partial charge in [0.2, 0.25) is 5.91 Å². The molecule has 0 spiro atoms. The third kappa shape index (κ3) is 3.87. The number of rotatable bonds is 5. The first-order chi connectivity index (χ1) is 8.61. The van der Waals surface area contributed by atoms with Crippen LogP contribution in [-0.4, -0.2) is 27.9 Å². The van der Waals surface area contributed by atoms with E-state index < -0.39 is 0 Å². The summed E-state index contributed by atoms with van der Waals surface area (Å²) >= 11 is 9.14. The number of amides is 1. The standard InChI is InChI=1S/C12H17ClN2OS2/c1-12(3-2-4-18-12)8-14-10(16)5-11-15-9(6-13)7-17-11/h7H,2-6,8H2,1H3,(H,14,16). The molecular weight excluding hydrogens is 288 g/mol. The quantitative estimate of drug-likeness (QED) is 0.851. The molecule has 1 N–H and O–H groups in total. The van der Waals surface area contributed by atoms with E-state index in [4.69, 9.17) is 11.6 Å². The minimum atomic E-state index is 0.0548. The predicted octanol–water partition coefficient (Wildman–Crippen LogP) is 2.83. The van der Waals surface area contributed by atoms with Crippen LogP contribution in [0, 0.1) is 0 Å². The minimum Gasteiger partial charge on any atom is -0.354 e. The molecule has 1 saturated heterocycles. The van der Waals surface area contributed by atoms with Crippen molar-refractivity contribution in [3.05, 3.63) is 16.1 Å². The van der Waals surface area contributed by atoms with E-state index in [2.05, 4.69) is 17.2 Å². The van der Waals surface area contributed by atoms with Gasteiger partial charge < -0.3 is 5.32 Å². The number of hydrogen-bond donors (Lipinski definition) is 1. The van der Waals surface area contributed by atoms with Crippen molar-refractivity contribution in [3.8, 4) is 0 Å². The zero-order valence-electron chi connectivity index (χ0n) is 10.4. The van der Waals surface area contributed by atoms with Gasteiger partial charge >= 0.3 is 0 Å². The van der Waals surface area contributed by atoms with Gasteiger partial charge in [0, 0.05) is 16.7 Å². The SMILES string of the molecule is CC1(CNC(=O)Cc2nc(CCl)cs2)CCCS1. The molecule has 1 aromatic heterocycles. The summed E-state index contributed by atoms with van der Waals surface area (Å²) in [6.07, 6.45) is 2.80. The topological polar surface area (TPSA) is 42.0 Å². The molecule has 1 aromatic rings. The minimum absolute atomic E-state index is 0.0548. The second-order valence-corrected chi connectivity index (χ2v) is 7.61. The number of thiazole rings is 1. The zero-order valence-corrected chi connectivity index (χ0v) is 12.8. The van der Waals surface area contributed by atoms with E-state index in [1.807, 2.05) is 17.1 Å². The van der Waals surface area contributed by atoms with E-state index in [-0.39, 0.29) is 10.7 Å². The van der Waals surface area contributed by atoms with Crippen molar-refractivity contribution in [2.24, 2.45) is 0 Å². The third-order valence-electron chi connectivity index (χ3n) is 3.01. The average molecular weight is 305 g/mol. The normalized spacial score (nSPS) is 23.2. The Balaban J connectivity index is 1.78. The molecule has 3 nitrogen and oxygen atoms in total. The number of halogens is 1. The molecule has 1 aliphatic rings. The lowest BCUT2D eigenvalue weighted by Crippen LogP contribution is -2.37. The fourth-order valence-corrected chi connectivity index (χ4v) is 4.22. The van der Waals surface area contributed by atoms with Gasteiger partial charge in [-0.2, -0.15) is 11.8 Å². The van der Waals surface area contributed by atoms with Crippen LogP contribution in [0.3, 0.4) is 0 Å². The van der Waals surface area contributed by atoms with E-state index >= 15 is 0 Å². The van der Waals surface area contributed by atoms with Crippen molar-refractivity contribution in [2.45, 2.75) is 36.8 Å². The Hall–Kier alpha value is -0.260. The molecule has 2 heterocycles. The largest absolute Gasteiger partial charge is 0.354 e. The Morgan fingerprint density at radius 1 is 1.67 bits per heavy atom. The number of carbonyl (C=O) groups is 1. The summed E-state index contributed by atoms with van der Waals surface area (Å²) in [7, 11) is 0. The molecule has 0 radical (unpaired) electrons. The van der Waals surface area contributed by atoms with Gasteiger partial charge in [0.15, 0.2) is 0 Å². The van der Waals surface area contributed by atoms with Crippen molar-refractivity contribution in [3.63, 3.8) is 0 Å². The van der Waals surface area contributed by atoms with Crippen LogP contribution in [0.4, 0.5) is 0 Å². The number of alkyl halides is 1. The summed E-state index contributed by atoms with van der Waals surface area (Å²) in [6, 6.07) is 0. The first-order valence-corrected chi connectivity index (χ1v) is 8.41. The molecule has 18 heavy (non-hydrogen) atoms. The maximum atomic E-state index is 11.8. The van der Waals surface area contributed by atoms with Crippen LogP contribution in [0.5, 0.6) is 0 Å². The van der Waals surface area contributed by atoms with Crippen molar-refractivity contribution in [2.75, 3.05) is 12.3 Å². The molecule has 0 saturated carbocycles. The third-order valence-corrected chi connectivity index (χ3v) is 5.72. The molecule has 2 rings (SSSR count). The summed E-state index contributed by atoms with van der Waals surface area (Å²) in [4.78, 5) is 16.1. The number of nitrogens with zero attached hydrogens (tertiary/aromatic N) is 1. The van der Waals surface area contributed by atoms with E-state index in [9.17, 15) is 4.79 Å². The Kier molecular flexibility index (Phi) is 4.92. The first kappa shape index (κ1) is 14.2. The van der Waals surface area contributed by atoms with Crippen LogP contribution in [0.2, 0.25) is 0 Å². The average Bonchev–Trinajstić information content (AvgIpc) is 2.96. The molecule has 1 amide bonds. The summed E-state index contributed by atoms with van der Waals surface area (Å²) in [5.74, 6) is 1.67.